The number of nitrogens with zero attached hydrogens (tertiary/aromatic N) is 2. The zero-order valence-corrected chi connectivity index (χ0v) is 61.0. The summed E-state index contributed by atoms with van der Waals surface area (Å²) in [6.07, 6.45) is 27.6. The van der Waals surface area contributed by atoms with Crippen LogP contribution in [0.15, 0.2) is 112 Å². The van der Waals surface area contributed by atoms with Gasteiger partial charge in [-0.3, -0.25) is 19.2 Å². The third kappa shape index (κ3) is 12.2. The van der Waals surface area contributed by atoms with E-state index in [1.807, 2.05) is 6.08 Å². The van der Waals surface area contributed by atoms with Crippen LogP contribution < -0.4 is 9.47 Å². The smallest absolute Gasteiger partial charge is 0.241 e. The van der Waals surface area contributed by atoms with E-state index in [1.54, 1.807) is 11.1 Å². The van der Waals surface area contributed by atoms with Gasteiger partial charge < -0.3 is 37.9 Å². The molecule has 1 spiro atoms. The first-order valence-corrected chi connectivity index (χ1v) is 41.5. The molecule has 2 aromatic carbocycles. The molecule has 2 heterocycles. The van der Waals surface area contributed by atoms with E-state index >= 15 is 0 Å². The molecule has 7 fully saturated rings. The molecule has 0 N–H and O–H groups in total. The fourth-order valence-electron chi connectivity index (χ4n) is 21.9. The number of hydrogen-bond donors (Lipinski definition) is 0. The van der Waals surface area contributed by atoms with Gasteiger partial charge in [0.15, 0.2) is 11.6 Å². The average molecular weight is 1330 g/mol. The molecular formula is C83H112N2O10Si. The number of likely N-dealkylation sites (N-methyl/N-ethyl adjacent to an activating group) is 2. The number of ether oxygens (including phenoxy) is 5. The number of carbonyl (C=O) groups excluding carboxylic acids is 4. The van der Waals surface area contributed by atoms with Gasteiger partial charge in [0.25, 0.3) is 0 Å². The predicted molar refractivity (Wildman–Crippen MR) is 380 cm³/mol. The second kappa shape index (κ2) is 26.5. The van der Waals surface area contributed by atoms with E-state index in [0.717, 1.165) is 180 Å². The van der Waals surface area contributed by atoms with Crippen molar-refractivity contribution in [3.63, 3.8) is 0 Å². The van der Waals surface area contributed by atoms with Crippen molar-refractivity contribution in [1.82, 2.24) is 9.80 Å². The van der Waals surface area contributed by atoms with Crippen LogP contribution in [-0.4, -0.2) is 124 Å². The minimum absolute atomic E-state index is 0.0137. The topological polar surface area (TPSA) is 133 Å². The first kappa shape index (κ1) is 68.1. The van der Waals surface area contributed by atoms with Crippen molar-refractivity contribution in [1.29, 1.82) is 0 Å². The summed E-state index contributed by atoms with van der Waals surface area (Å²) in [5, 5.41) is 0. The van der Waals surface area contributed by atoms with E-state index in [2.05, 4.69) is 139 Å². The Morgan fingerprint density at radius 1 is 0.604 bits per heavy atom. The molecule has 6 unspecified atom stereocenters. The molecule has 2 aliphatic heterocycles. The highest BCUT2D eigenvalue weighted by Crippen LogP contribution is 2.74. The van der Waals surface area contributed by atoms with Crippen LogP contribution in [-0.2, 0) is 37.8 Å². The lowest BCUT2D eigenvalue weighted by Crippen LogP contribution is -2.51. The summed E-state index contributed by atoms with van der Waals surface area (Å²) in [5.74, 6) is 7.73. The Kier molecular flexibility index (Phi) is 18.8. The molecule has 0 bridgehead atoms. The second-order valence-electron chi connectivity index (χ2n) is 33.1. The van der Waals surface area contributed by atoms with Crippen molar-refractivity contribution in [3.8, 4) is 11.5 Å². The standard InChI is InChI=1S/2C30H39NO3.C23H34O4Si/c2*1-4-31(5-2)16-17-34-23-10-6-20(7-11-23)26-19-30(3)27(14-15-28(30)33)25-12-8-21-18-22(32)9-13-24(21)29(25)26;1-20-9-8-18-16(17(20)5-6-19(20)26-28(2,3)4)7-10-21-15-22(24-13-14-25-22)11-12-23(18,21)27-21/h6-7,10-11,25,27H,4-5,8-9,12-19H2,1-3H3;6-7,10-11,18,25-27H,4-5,8-9,12-17,19H2,1-3H3;6,8,16-17H,5,7,9-15H2,1-4H3/t25?,27?,30-;25?,26-,27?,30-;16?,17?,20-,21-,23-/m000/s1. The summed E-state index contributed by atoms with van der Waals surface area (Å²) < 4.78 is 37.4. The Morgan fingerprint density at radius 2 is 1.24 bits per heavy atom. The zero-order valence-electron chi connectivity index (χ0n) is 60.0. The summed E-state index contributed by atoms with van der Waals surface area (Å²) in [7, 11) is -1.58. The van der Waals surface area contributed by atoms with Crippen LogP contribution in [0.2, 0.25) is 19.6 Å². The van der Waals surface area contributed by atoms with Gasteiger partial charge in [-0.15, -0.1) is 0 Å². The predicted octanol–water partition coefficient (Wildman–Crippen LogP) is 16.8. The number of carbonyl (C=O) groups is 4. The van der Waals surface area contributed by atoms with Gasteiger partial charge in [0.05, 0.1) is 19.0 Å². The molecule has 0 amide bonds. The third-order valence-corrected chi connectivity index (χ3v) is 27.9. The van der Waals surface area contributed by atoms with E-state index in [-0.39, 0.29) is 44.9 Å². The third-order valence-electron chi connectivity index (χ3n) is 27.1. The molecule has 518 valence electrons. The summed E-state index contributed by atoms with van der Waals surface area (Å²) >= 11 is 0. The Labute approximate surface area is 575 Å². The maximum Gasteiger partial charge on any atom is 0.241 e. The van der Waals surface area contributed by atoms with Crippen molar-refractivity contribution in [3.05, 3.63) is 123 Å². The number of allylic oxidation sites excluding steroid dienone is 11. The van der Waals surface area contributed by atoms with Crippen molar-refractivity contribution < 1.29 is 47.3 Å². The molecule has 5 saturated carbocycles. The Balaban J connectivity index is 0.000000124. The molecule has 0 radical (unpaired) electrons. The SMILES string of the molecule is CCN(CC)CCOc1ccc(C2=C3C4=C(CCC3C3CCC(=O)[C@@]3(C)C2)CC(=O)CC4)cc1.CCN(CC)CCOc1ccc([C@@H]2C[C@]3(C)C(=O)CCC3C3CCC4=CC(=O)CCC4=C32)cc1.C[C@]12CC=C3C(CC[C@]45CC6(CC[C@]34O5)OCCO6)C1CC=C2O[Si](C)(C)C. The number of Topliss-reactive ketones (excluding diaryl/α,β-unsaturated/α-hetero) is 3. The Hall–Kier alpha value is -5.02. The summed E-state index contributed by atoms with van der Waals surface area (Å²) in [4.78, 5) is 55.2. The maximum absolute atomic E-state index is 13.1. The van der Waals surface area contributed by atoms with Crippen LogP contribution in [0.4, 0.5) is 0 Å². The highest BCUT2D eigenvalue weighted by Gasteiger charge is 2.79. The highest BCUT2D eigenvalue weighted by atomic mass is 28.4. The lowest BCUT2D eigenvalue weighted by atomic mass is 9.53. The number of epoxide rings is 1. The van der Waals surface area contributed by atoms with Crippen molar-refractivity contribution >= 4 is 37.0 Å². The van der Waals surface area contributed by atoms with Crippen molar-refractivity contribution in [2.24, 2.45) is 51.8 Å². The van der Waals surface area contributed by atoms with Crippen LogP contribution in [0.3, 0.4) is 0 Å². The fraction of sp³-hybridized carbons (Fsp3) is 0.663. The molecule has 13 heteroatoms. The number of benzene rings is 2. The van der Waals surface area contributed by atoms with Gasteiger partial charge >= 0.3 is 0 Å². The monoisotopic (exact) mass is 1320 g/mol. The normalized spacial score (nSPS) is 35.1. The number of fused-ring (bicyclic) bond motifs is 11. The lowest BCUT2D eigenvalue weighted by molar-refractivity contribution is -0.185. The molecule has 2 saturated heterocycles. The molecule has 0 aromatic heterocycles. The molecule has 12 nitrogen and oxygen atoms in total. The van der Waals surface area contributed by atoms with E-state index < -0.39 is 8.32 Å². The van der Waals surface area contributed by atoms with Gasteiger partial charge in [-0.25, -0.2) is 0 Å². The minimum Gasteiger partial charge on any atom is -0.547 e. The number of hydrogen-bond acceptors (Lipinski definition) is 12. The first-order chi connectivity index (χ1) is 46.1. The first-order valence-electron chi connectivity index (χ1n) is 38.1. The molecule has 96 heavy (non-hydrogen) atoms. The van der Waals surface area contributed by atoms with E-state index in [1.165, 1.54) is 56.7 Å². The van der Waals surface area contributed by atoms with Crippen LogP contribution in [0.25, 0.3) is 5.57 Å². The zero-order chi connectivity index (χ0) is 67.2. The molecule has 14 aliphatic rings. The quantitative estimate of drug-likeness (QED) is 0.0900. The molecule has 16 rings (SSSR count). The average Bonchev–Trinajstić information content (AvgIpc) is 1.49. The maximum atomic E-state index is 13.1. The van der Waals surface area contributed by atoms with Gasteiger partial charge in [-0.1, -0.05) is 90.0 Å². The van der Waals surface area contributed by atoms with Gasteiger partial charge in [-0.05, 0) is 259 Å². The summed E-state index contributed by atoms with van der Waals surface area (Å²) in [6, 6.07) is 17.2. The van der Waals surface area contributed by atoms with Gasteiger partial charge in [-0.2, -0.15) is 0 Å². The molecule has 2 aromatic rings. The van der Waals surface area contributed by atoms with Crippen molar-refractivity contribution in [2.45, 2.75) is 232 Å². The van der Waals surface area contributed by atoms with E-state index in [9.17, 15) is 19.2 Å². The summed E-state index contributed by atoms with van der Waals surface area (Å²) in [5.41, 5.74) is 13.8. The fourth-order valence-corrected chi connectivity index (χ4v) is 22.9. The van der Waals surface area contributed by atoms with Crippen LogP contribution in [0, 0.1) is 51.8 Å². The second-order valence-corrected chi connectivity index (χ2v) is 37.5. The van der Waals surface area contributed by atoms with Crippen LogP contribution >= 0.6 is 0 Å². The lowest BCUT2D eigenvalue weighted by Gasteiger charge is -2.50. The van der Waals surface area contributed by atoms with E-state index in [0.29, 0.717) is 85.3 Å². The van der Waals surface area contributed by atoms with Gasteiger partial charge in [0.2, 0.25) is 8.32 Å². The highest BCUT2D eigenvalue weighted by molar-refractivity contribution is 6.70. The molecular weight excluding hydrogens is 1210 g/mol. The van der Waals surface area contributed by atoms with Crippen molar-refractivity contribution in [2.75, 3.05) is 65.7 Å². The Bertz CT molecular complexity index is 3550. The number of rotatable bonds is 16. The van der Waals surface area contributed by atoms with Gasteiger partial charge in [0.1, 0.15) is 53.3 Å². The molecule has 12 aliphatic carbocycles. The molecule has 12 atom stereocenters. The van der Waals surface area contributed by atoms with E-state index in [4.69, 9.17) is 28.1 Å². The van der Waals surface area contributed by atoms with Crippen LogP contribution in [0.1, 0.15) is 207 Å². The Morgan fingerprint density at radius 3 is 1.91 bits per heavy atom. The van der Waals surface area contributed by atoms with Crippen LogP contribution in [0.5, 0.6) is 11.5 Å². The summed E-state index contributed by atoms with van der Waals surface area (Å²) in [6.45, 7) is 31.4. The largest absolute Gasteiger partial charge is 0.547 e. The minimum atomic E-state index is -1.58. The van der Waals surface area contributed by atoms with Gasteiger partial charge in [0, 0.05) is 80.2 Å². The number of ketones is 4.